The maximum absolute atomic E-state index is 14.1. The van der Waals surface area contributed by atoms with Crippen molar-refractivity contribution in [3.63, 3.8) is 0 Å². The lowest BCUT2D eigenvalue weighted by Gasteiger charge is -2.58. The van der Waals surface area contributed by atoms with Crippen LogP contribution in [-0.4, -0.2) is 53.5 Å². The van der Waals surface area contributed by atoms with E-state index in [-0.39, 0.29) is 47.9 Å². The van der Waals surface area contributed by atoms with Gasteiger partial charge in [-0.3, -0.25) is 4.79 Å². The van der Waals surface area contributed by atoms with E-state index < -0.39 is 5.79 Å². The Bertz CT molecular complexity index is 1290. The van der Waals surface area contributed by atoms with Gasteiger partial charge in [0.05, 0.1) is 17.8 Å². The summed E-state index contributed by atoms with van der Waals surface area (Å²) >= 11 is 1.64. The molecule has 0 radical (unpaired) electrons. The number of Topliss-reactive ketones (excluding diaryl/α,β-unsaturated/α-hetero) is 1. The summed E-state index contributed by atoms with van der Waals surface area (Å²) < 4.78 is 19.8. The molecule has 2 aliphatic carbocycles. The molecule has 2 N–H and O–H groups in total. The Morgan fingerprint density at radius 3 is 2.44 bits per heavy atom. The topological polar surface area (TPSA) is 85.2 Å². The fourth-order valence-electron chi connectivity index (χ4n) is 7.23. The number of fused-ring (bicyclic) bond motifs is 2. The summed E-state index contributed by atoms with van der Waals surface area (Å²) in [6.07, 6.45) is 11.0. The number of allylic oxidation sites excluding steroid dienone is 1. The molecule has 1 saturated carbocycles. The Kier molecular flexibility index (Phi) is 10.8. The highest BCUT2D eigenvalue weighted by atomic mass is 32.2. The van der Waals surface area contributed by atoms with Crippen LogP contribution in [0.25, 0.3) is 0 Å². The van der Waals surface area contributed by atoms with Crippen LogP contribution in [-0.2, 0) is 9.53 Å². The zero-order chi connectivity index (χ0) is 30.2. The molecule has 0 unspecified atom stereocenters. The molecule has 0 spiro atoms. The highest BCUT2D eigenvalue weighted by Crippen LogP contribution is 2.62. The van der Waals surface area contributed by atoms with Crippen LogP contribution in [0.1, 0.15) is 56.4 Å². The van der Waals surface area contributed by atoms with Gasteiger partial charge in [-0.1, -0.05) is 55.8 Å². The van der Waals surface area contributed by atoms with Crippen molar-refractivity contribution in [2.75, 3.05) is 26.4 Å². The van der Waals surface area contributed by atoms with Gasteiger partial charge >= 0.3 is 0 Å². The maximum Gasteiger partial charge on any atom is 0.231 e. The van der Waals surface area contributed by atoms with Crippen LogP contribution in [0.2, 0.25) is 0 Å². The van der Waals surface area contributed by atoms with E-state index in [0.717, 1.165) is 66.1 Å². The molecule has 230 valence electrons. The van der Waals surface area contributed by atoms with Gasteiger partial charge in [0, 0.05) is 41.6 Å². The number of ether oxygens (including phenoxy) is 3. The number of carbonyl (C=O) groups excluding carboxylic acids is 1. The van der Waals surface area contributed by atoms with Gasteiger partial charge in [-0.15, -0.1) is 18.3 Å². The quantitative estimate of drug-likeness (QED) is 0.160. The maximum atomic E-state index is 14.1. The molecule has 1 aliphatic heterocycles. The van der Waals surface area contributed by atoms with Crippen molar-refractivity contribution in [2.24, 2.45) is 17.8 Å². The average molecular weight is 605 g/mol. The molecule has 6 nitrogen and oxygen atoms in total. The Hall–Kier alpha value is -2.84. The van der Waals surface area contributed by atoms with Gasteiger partial charge in [-0.2, -0.15) is 0 Å². The molecular formula is C36H44O6S. The standard InChI is InChI=1S/C36H44O6S/c1-3-20-40-26-16-17-32-30(23-26)34-28(15-9-11-19-38)25(12-8-10-18-37)22-29-31(39)24-33(43-27-13-6-5-7-14-27)36(42-32,35(29)34)41-21-4-2/h3-7,13-14,16-17,22-23,25,28,33-35,37-38H,1-2,8-12,15,18-21,24H2/t25-,28+,33-,34+,35+,36+/m0/s1. The summed E-state index contributed by atoms with van der Waals surface area (Å²) in [5.74, 6) is 0.537. The van der Waals surface area contributed by atoms with Crippen molar-refractivity contribution >= 4 is 17.5 Å². The van der Waals surface area contributed by atoms with E-state index in [9.17, 15) is 15.0 Å². The molecule has 2 aromatic rings. The molecular weight excluding hydrogens is 560 g/mol. The molecule has 0 aromatic heterocycles. The highest BCUT2D eigenvalue weighted by molar-refractivity contribution is 8.00. The number of benzene rings is 2. The minimum Gasteiger partial charge on any atom is -0.490 e. The summed E-state index contributed by atoms with van der Waals surface area (Å²) in [5, 5.41) is 18.9. The predicted molar refractivity (Wildman–Crippen MR) is 171 cm³/mol. The molecule has 0 amide bonds. The van der Waals surface area contributed by atoms with Gasteiger partial charge in [0.2, 0.25) is 5.79 Å². The molecule has 3 aliphatic rings. The number of hydrogen-bond donors (Lipinski definition) is 2. The largest absolute Gasteiger partial charge is 0.490 e. The van der Waals surface area contributed by atoms with Crippen molar-refractivity contribution in [1.29, 1.82) is 0 Å². The monoisotopic (exact) mass is 604 g/mol. The third-order valence-electron chi connectivity index (χ3n) is 8.99. The van der Waals surface area contributed by atoms with E-state index in [1.807, 2.05) is 30.3 Å². The number of thioether (sulfide) groups is 1. The van der Waals surface area contributed by atoms with E-state index in [2.05, 4.69) is 37.4 Å². The molecule has 0 bridgehead atoms. The fourth-order valence-corrected chi connectivity index (χ4v) is 8.53. The van der Waals surface area contributed by atoms with Crippen LogP contribution in [0.3, 0.4) is 0 Å². The fraction of sp³-hybridized carbons (Fsp3) is 0.472. The van der Waals surface area contributed by atoms with E-state index in [1.54, 1.807) is 23.9 Å². The molecule has 5 rings (SSSR count). The number of ketones is 1. The summed E-state index contributed by atoms with van der Waals surface area (Å²) in [7, 11) is 0. The summed E-state index contributed by atoms with van der Waals surface area (Å²) in [4.78, 5) is 15.2. The van der Waals surface area contributed by atoms with Crippen LogP contribution in [0.4, 0.5) is 0 Å². The normalized spacial score (nSPS) is 27.3. The highest BCUT2D eigenvalue weighted by Gasteiger charge is 2.64. The van der Waals surface area contributed by atoms with Crippen molar-refractivity contribution < 1.29 is 29.2 Å². The van der Waals surface area contributed by atoms with E-state index in [4.69, 9.17) is 14.2 Å². The summed E-state index contributed by atoms with van der Waals surface area (Å²) in [6, 6.07) is 16.1. The lowest BCUT2D eigenvalue weighted by atomic mass is 9.56. The van der Waals surface area contributed by atoms with E-state index >= 15 is 0 Å². The van der Waals surface area contributed by atoms with Gasteiger partial charge in [-0.05, 0) is 67.9 Å². The van der Waals surface area contributed by atoms with E-state index in [1.165, 1.54) is 0 Å². The first kappa shape index (κ1) is 31.6. The number of rotatable bonds is 16. The van der Waals surface area contributed by atoms with Crippen molar-refractivity contribution in [2.45, 2.75) is 66.8 Å². The molecule has 1 heterocycles. The Morgan fingerprint density at radius 1 is 0.977 bits per heavy atom. The van der Waals surface area contributed by atoms with Crippen molar-refractivity contribution in [3.05, 3.63) is 91.1 Å². The average Bonchev–Trinajstić information content (AvgIpc) is 3.02. The molecule has 7 heteroatoms. The predicted octanol–water partition coefficient (Wildman–Crippen LogP) is 6.87. The lowest BCUT2D eigenvalue weighted by molar-refractivity contribution is -0.227. The number of hydrogen-bond acceptors (Lipinski definition) is 7. The first-order valence-electron chi connectivity index (χ1n) is 15.6. The second kappa shape index (κ2) is 14.8. The Labute approximate surface area is 259 Å². The summed E-state index contributed by atoms with van der Waals surface area (Å²) in [5.41, 5.74) is 1.84. The van der Waals surface area contributed by atoms with Gasteiger partial charge in [0.15, 0.2) is 5.78 Å². The Morgan fingerprint density at radius 2 is 1.72 bits per heavy atom. The van der Waals surface area contributed by atoms with Gasteiger partial charge < -0.3 is 24.4 Å². The third-order valence-corrected chi connectivity index (χ3v) is 10.3. The smallest absolute Gasteiger partial charge is 0.231 e. The zero-order valence-corrected chi connectivity index (χ0v) is 25.7. The number of aliphatic hydroxyl groups excluding tert-OH is 2. The Balaban J connectivity index is 1.68. The molecule has 2 aromatic carbocycles. The number of aliphatic hydroxyl groups is 2. The number of unbranched alkanes of at least 4 members (excludes halogenated alkanes) is 2. The van der Waals surface area contributed by atoms with Crippen molar-refractivity contribution in [3.8, 4) is 11.5 Å². The first-order chi connectivity index (χ1) is 21.1. The van der Waals surface area contributed by atoms with Crippen LogP contribution in [0.15, 0.2) is 90.4 Å². The minimum absolute atomic E-state index is 0.0539. The van der Waals surface area contributed by atoms with Gasteiger partial charge in [-0.25, -0.2) is 0 Å². The summed E-state index contributed by atoms with van der Waals surface area (Å²) in [6.45, 7) is 8.73. The van der Waals surface area contributed by atoms with Crippen LogP contribution >= 0.6 is 11.8 Å². The second-order valence-electron chi connectivity index (χ2n) is 11.7. The minimum atomic E-state index is -1.08. The van der Waals surface area contributed by atoms with Crippen LogP contribution in [0.5, 0.6) is 11.5 Å². The molecule has 43 heavy (non-hydrogen) atoms. The molecule has 1 fully saturated rings. The first-order valence-corrected chi connectivity index (χ1v) is 16.4. The molecule has 6 atom stereocenters. The van der Waals surface area contributed by atoms with Crippen LogP contribution < -0.4 is 9.47 Å². The molecule has 0 saturated heterocycles. The second-order valence-corrected chi connectivity index (χ2v) is 12.9. The third kappa shape index (κ3) is 6.65. The van der Waals surface area contributed by atoms with Crippen molar-refractivity contribution in [1.82, 2.24) is 0 Å². The lowest BCUT2D eigenvalue weighted by Crippen LogP contribution is -2.64. The van der Waals surface area contributed by atoms with Gasteiger partial charge in [0.1, 0.15) is 18.1 Å². The van der Waals surface area contributed by atoms with Crippen LogP contribution in [0, 0.1) is 17.8 Å². The zero-order valence-electron chi connectivity index (χ0n) is 24.9. The SMILES string of the molecule is C=CCOc1ccc2c(c1)[C@H]1[C@H](CCCCO)[C@@H](CCCCO)C=C3C(=O)C[C@H](Sc4ccccc4)[C@@](OCC=C)(O2)[C@H]31. The number of carbonyl (C=O) groups is 1. The van der Waals surface area contributed by atoms with E-state index in [0.29, 0.717) is 19.6 Å². The van der Waals surface area contributed by atoms with Gasteiger partial charge in [0.25, 0.3) is 0 Å².